The maximum absolute atomic E-state index is 12.1. The van der Waals surface area contributed by atoms with Crippen molar-refractivity contribution in [3.8, 4) is 0 Å². The zero-order chi connectivity index (χ0) is 13.9. The number of benzene rings is 1. The predicted molar refractivity (Wildman–Crippen MR) is 78.9 cm³/mol. The molecule has 2 aromatic rings. The Kier molecular flexibility index (Phi) is 4.21. The van der Waals surface area contributed by atoms with Gasteiger partial charge in [0.25, 0.3) is 10.0 Å². The first-order valence-electron chi connectivity index (χ1n) is 5.62. The lowest BCUT2D eigenvalue weighted by atomic mass is 10.2. The molecule has 0 spiro atoms. The zero-order valence-corrected chi connectivity index (χ0v) is 12.7. The highest BCUT2D eigenvalue weighted by molar-refractivity contribution is 9.08. The van der Waals surface area contributed by atoms with Crippen LogP contribution in [0.4, 0.5) is 5.82 Å². The second-order valence-corrected chi connectivity index (χ2v) is 6.29. The number of aromatic nitrogens is 1. The van der Waals surface area contributed by atoms with Crippen LogP contribution < -0.4 is 4.72 Å². The van der Waals surface area contributed by atoms with Crippen LogP contribution in [0.3, 0.4) is 0 Å². The molecule has 0 unspecified atom stereocenters. The van der Waals surface area contributed by atoms with Crippen LogP contribution >= 0.6 is 15.9 Å². The van der Waals surface area contributed by atoms with Crippen LogP contribution in [-0.4, -0.2) is 13.4 Å². The standard InChI is InChI=1S/C13H13BrN2O2S/c1-10-3-2-4-13(15-10)16-19(17,18)12-7-5-11(9-14)6-8-12/h2-8H,9H2,1H3,(H,15,16). The number of aryl methyl sites for hydroxylation is 1. The molecule has 0 saturated heterocycles. The molecule has 1 aromatic carbocycles. The van der Waals surface area contributed by atoms with E-state index < -0.39 is 10.0 Å². The van der Waals surface area contributed by atoms with E-state index in [1.165, 1.54) is 0 Å². The molecule has 1 N–H and O–H groups in total. The number of nitrogens with zero attached hydrogens (tertiary/aromatic N) is 1. The van der Waals surface area contributed by atoms with Crippen LogP contribution in [-0.2, 0) is 15.4 Å². The summed E-state index contributed by atoms with van der Waals surface area (Å²) in [5.74, 6) is 0.324. The summed E-state index contributed by atoms with van der Waals surface area (Å²) in [6.45, 7) is 1.81. The highest BCUT2D eigenvalue weighted by atomic mass is 79.9. The average molecular weight is 341 g/mol. The van der Waals surface area contributed by atoms with E-state index in [4.69, 9.17) is 0 Å². The summed E-state index contributed by atoms with van der Waals surface area (Å²) in [7, 11) is -3.58. The van der Waals surface area contributed by atoms with Gasteiger partial charge in [-0.2, -0.15) is 0 Å². The summed E-state index contributed by atoms with van der Waals surface area (Å²) in [6, 6.07) is 11.9. The second kappa shape index (κ2) is 5.71. The van der Waals surface area contributed by atoms with Gasteiger partial charge in [-0.1, -0.05) is 34.1 Å². The van der Waals surface area contributed by atoms with Gasteiger partial charge in [-0.3, -0.25) is 4.72 Å². The summed E-state index contributed by atoms with van der Waals surface area (Å²) in [5.41, 5.74) is 1.78. The Morgan fingerprint density at radius 1 is 1.16 bits per heavy atom. The number of anilines is 1. The number of hydrogen-bond acceptors (Lipinski definition) is 3. The van der Waals surface area contributed by atoms with Gasteiger partial charge < -0.3 is 0 Å². The molecule has 0 radical (unpaired) electrons. The molecule has 1 aromatic heterocycles. The minimum absolute atomic E-state index is 0.223. The van der Waals surface area contributed by atoms with E-state index >= 15 is 0 Å². The van der Waals surface area contributed by atoms with Crippen LogP contribution in [0, 0.1) is 6.92 Å². The number of rotatable bonds is 4. The molecule has 0 aliphatic carbocycles. The molecule has 4 nitrogen and oxygen atoms in total. The third-order valence-corrected chi connectivity index (χ3v) is 4.53. The lowest BCUT2D eigenvalue weighted by Crippen LogP contribution is -2.14. The van der Waals surface area contributed by atoms with E-state index in [0.717, 1.165) is 11.3 Å². The van der Waals surface area contributed by atoms with Crippen molar-refractivity contribution in [3.05, 3.63) is 53.7 Å². The third-order valence-electron chi connectivity index (χ3n) is 2.52. The second-order valence-electron chi connectivity index (χ2n) is 4.05. The van der Waals surface area contributed by atoms with E-state index in [2.05, 4.69) is 25.6 Å². The summed E-state index contributed by atoms with van der Waals surface area (Å²) in [6.07, 6.45) is 0. The lowest BCUT2D eigenvalue weighted by Gasteiger charge is -2.08. The maximum atomic E-state index is 12.1. The summed E-state index contributed by atoms with van der Waals surface area (Å²) >= 11 is 3.32. The normalized spacial score (nSPS) is 11.3. The molecule has 0 amide bonds. The van der Waals surface area contributed by atoms with Gasteiger partial charge in [0.2, 0.25) is 0 Å². The molecule has 100 valence electrons. The summed E-state index contributed by atoms with van der Waals surface area (Å²) in [5, 5.41) is 0.695. The summed E-state index contributed by atoms with van der Waals surface area (Å²) in [4.78, 5) is 4.34. The number of sulfonamides is 1. The minimum atomic E-state index is -3.58. The van der Waals surface area contributed by atoms with Gasteiger partial charge in [0, 0.05) is 11.0 Å². The predicted octanol–water partition coefficient (Wildman–Crippen LogP) is 3.09. The highest BCUT2D eigenvalue weighted by Crippen LogP contribution is 2.16. The van der Waals surface area contributed by atoms with Gasteiger partial charge in [-0.05, 0) is 36.8 Å². The van der Waals surface area contributed by atoms with E-state index in [1.807, 2.05) is 13.0 Å². The lowest BCUT2D eigenvalue weighted by molar-refractivity contribution is 0.601. The van der Waals surface area contributed by atoms with E-state index in [9.17, 15) is 8.42 Å². The molecule has 0 atom stereocenters. The molecule has 1 heterocycles. The molecular weight excluding hydrogens is 328 g/mol. The Morgan fingerprint density at radius 2 is 1.84 bits per heavy atom. The minimum Gasteiger partial charge on any atom is -0.263 e. The van der Waals surface area contributed by atoms with Gasteiger partial charge in [0.15, 0.2) is 0 Å². The van der Waals surface area contributed by atoms with E-state index in [-0.39, 0.29) is 4.90 Å². The van der Waals surface area contributed by atoms with E-state index in [1.54, 1.807) is 36.4 Å². The topological polar surface area (TPSA) is 59.1 Å². The monoisotopic (exact) mass is 340 g/mol. The number of halogens is 1. The van der Waals surface area contributed by atoms with Crippen LogP contribution in [0.15, 0.2) is 47.4 Å². The van der Waals surface area contributed by atoms with Crippen molar-refractivity contribution in [1.29, 1.82) is 0 Å². The van der Waals surface area contributed by atoms with Gasteiger partial charge in [0.05, 0.1) is 4.90 Å². The highest BCUT2D eigenvalue weighted by Gasteiger charge is 2.14. The fourth-order valence-electron chi connectivity index (χ4n) is 1.55. The fraction of sp³-hybridized carbons (Fsp3) is 0.154. The third kappa shape index (κ3) is 3.54. The van der Waals surface area contributed by atoms with Crippen molar-refractivity contribution < 1.29 is 8.42 Å². The van der Waals surface area contributed by atoms with Crippen LogP contribution in [0.2, 0.25) is 0 Å². The van der Waals surface area contributed by atoms with Crippen molar-refractivity contribution in [2.75, 3.05) is 4.72 Å². The van der Waals surface area contributed by atoms with Gasteiger partial charge in [-0.15, -0.1) is 0 Å². The van der Waals surface area contributed by atoms with Gasteiger partial charge >= 0.3 is 0 Å². The average Bonchev–Trinajstić information content (AvgIpc) is 2.38. The maximum Gasteiger partial charge on any atom is 0.263 e. The van der Waals surface area contributed by atoms with Gasteiger partial charge in [0.1, 0.15) is 5.82 Å². The molecule has 19 heavy (non-hydrogen) atoms. The number of hydrogen-bond donors (Lipinski definition) is 1. The Morgan fingerprint density at radius 3 is 2.42 bits per heavy atom. The number of nitrogens with one attached hydrogen (secondary N) is 1. The quantitative estimate of drug-likeness (QED) is 0.870. The first-order valence-corrected chi connectivity index (χ1v) is 8.23. The number of pyridine rings is 1. The number of alkyl halides is 1. The molecule has 0 saturated carbocycles. The molecule has 0 aliphatic rings. The van der Waals surface area contributed by atoms with Crippen LogP contribution in [0.1, 0.15) is 11.3 Å². The van der Waals surface area contributed by atoms with Crippen LogP contribution in [0.25, 0.3) is 0 Å². The first kappa shape index (κ1) is 14.0. The van der Waals surface area contributed by atoms with Crippen molar-refractivity contribution in [3.63, 3.8) is 0 Å². The molecule has 0 fully saturated rings. The smallest absolute Gasteiger partial charge is 0.263 e. The van der Waals surface area contributed by atoms with Crippen molar-refractivity contribution in [2.45, 2.75) is 17.1 Å². The van der Waals surface area contributed by atoms with E-state index in [0.29, 0.717) is 11.1 Å². The van der Waals surface area contributed by atoms with Crippen molar-refractivity contribution in [2.24, 2.45) is 0 Å². The first-order chi connectivity index (χ1) is 9.01. The van der Waals surface area contributed by atoms with Gasteiger partial charge in [-0.25, -0.2) is 13.4 Å². The Balaban J connectivity index is 2.27. The van der Waals surface area contributed by atoms with Crippen molar-refractivity contribution in [1.82, 2.24) is 4.98 Å². The van der Waals surface area contributed by atoms with Crippen LogP contribution in [0.5, 0.6) is 0 Å². The Labute approximate surface area is 121 Å². The SMILES string of the molecule is Cc1cccc(NS(=O)(=O)c2ccc(CBr)cc2)n1. The zero-order valence-electron chi connectivity index (χ0n) is 10.3. The largest absolute Gasteiger partial charge is 0.263 e. The van der Waals surface area contributed by atoms with Crippen molar-refractivity contribution >= 4 is 31.8 Å². The summed E-state index contributed by atoms with van der Waals surface area (Å²) < 4.78 is 26.8. The molecular formula is C13H13BrN2O2S. The Bertz CT molecular complexity index is 669. The Hall–Kier alpha value is -1.40. The molecule has 2 rings (SSSR count). The molecule has 6 heteroatoms. The fourth-order valence-corrected chi connectivity index (χ4v) is 2.93. The molecule has 0 aliphatic heterocycles. The molecule has 0 bridgehead atoms.